The molecule has 0 aliphatic rings. The zero-order valence-corrected chi connectivity index (χ0v) is 13.0. The Bertz CT molecular complexity index is 1030. The van der Waals surface area contributed by atoms with Gasteiger partial charge in [0.25, 0.3) is 0 Å². The van der Waals surface area contributed by atoms with Crippen LogP contribution in [0.1, 0.15) is 12.1 Å². The molecule has 0 bridgehead atoms. The highest BCUT2D eigenvalue weighted by Crippen LogP contribution is 2.34. The monoisotopic (exact) mass is 391 g/mol. The first-order chi connectivity index (χ1) is 12.6. The summed E-state index contributed by atoms with van der Waals surface area (Å²) in [5.74, 6) is -3.75. The largest absolute Gasteiger partial charge is 0.418 e. The van der Waals surface area contributed by atoms with Crippen molar-refractivity contribution in [1.82, 2.24) is 14.3 Å². The zero-order valence-electron chi connectivity index (χ0n) is 13.0. The van der Waals surface area contributed by atoms with Gasteiger partial charge in [-0.3, -0.25) is 0 Å². The van der Waals surface area contributed by atoms with Gasteiger partial charge < -0.3 is 0 Å². The lowest BCUT2D eigenvalue weighted by molar-refractivity contribution is -0.137. The van der Waals surface area contributed by atoms with Crippen LogP contribution in [0.4, 0.5) is 30.7 Å². The minimum absolute atomic E-state index is 0.0379. The Balaban J connectivity index is 2.36. The lowest BCUT2D eigenvalue weighted by atomic mass is 10.2. The average Bonchev–Trinajstić information content (AvgIpc) is 2.91. The first kappa shape index (κ1) is 18.7. The second-order valence-electron chi connectivity index (χ2n) is 5.28. The molecule has 0 amide bonds. The van der Waals surface area contributed by atoms with E-state index in [1.165, 1.54) is 0 Å². The molecule has 11 heteroatoms. The van der Waals surface area contributed by atoms with E-state index in [1.54, 1.807) is 0 Å². The Kier molecular flexibility index (Phi) is 4.54. The van der Waals surface area contributed by atoms with Gasteiger partial charge >= 0.3 is 18.4 Å². The van der Waals surface area contributed by atoms with Crippen LogP contribution in [-0.4, -0.2) is 14.3 Å². The number of para-hydroxylation sites is 1. The number of alkyl halides is 5. The Hall–Kier alpha value is -3.11. The molecule has 0 atom stereocenters. The molecule has 142 valence electrons. The summed E-state index contributed by atoms with van der Waals surface area (Å²) in [5, 5.41) is 3.37. The molecule has 0 saturated heterocycles. The molecule has 2 aromatic carbocycles. The van der Waals surface area contributed by atoms with Crippen molar-refractivity contribution in [3.05, 3.63) is 70.1 Å². The van der Waals surface area contributed by atoms with E-state index >= 15 is 0 Å². The Morgan fingerprint density at radius 3 is 2.07 bits per heavy atom. The lowest BCUT2D eigenvalue weighted by Gasteiger charge is -2.11. The molecule has 0 spiro atoms. The molecule has 0 aliphatic heterocycles. The summed E-state index contributed by atoms with van der Waals surface area (Å²) in [6.45, 7) is -3.60. The molecule has 3 aromatic rings. The van der Waals surface area contributed by atoms with Gasteiger partial charge in [-0.2, -0.15) is 26.6 Å². The van der Waals surface area contributed by atoms with E-state index in [2.05, 4.69) is 5.10 Å². The van der Waals surface area contributed by atoms with E-state index in [4.69, 9.17) is 0 Å². The van der Waals surface area contributed by atoms with E-state index < -0.39 is 52.7 Å². The fourth-order valence-electron chi connectivity index (χ4n) is 2.49. The van der Waals surface area contributed by atoms with Crippen LogP contribution in [0.5, 0.6) is 0 Å². The summed E-state index contributed by atoms with van der Waals surface area (Å²) >= 11 is 0. The molecular weight excluding hydrogens is 383 g/mol. The Morgan fingerprint density at radius 1 is 0.926 bits per heavy atom. The second kappa shape index (κ2) is 6.56. The highest BCUT2D eigenvalue weighted by atomic mass is 19.4. The standard InChI is InChI=1S/C16H8F7N3O/c17-9-5-3-6-10(18)12(9)13-24-26(15(27)25(13)14(19)20)11-7-2-1-4-8(11)16(21,22)23/h1-7,14H. The van der Waals surface area contributed by atoms with Gasteiger partial charge in [0, 0.05) is 0 Å². The number of aromatic nitrogens is 3. The molecule has 0 saturated carbocycles. The molecule has 0 radical (unpaired) electrons. The topological polar surface area (TPSA) is 39.8 Å². The van der Waals surface area contributed by atoms with E-state index in [-0.39, 0.29) is 9.25 Å². The summed E-state index contributed by atoms with van der Waals surface area (Å²) in [6, 6.07) is 6.03. The van der Waals surface area contributed by atoms with Gasteiger partial charge in [-0.25, -0.2) is 18.1 Å². The quantitative estimate of drug-likeness (QED) is 0.622. The summed E-state index contributed by atoms with van der Waals surface area (Å²) in [7, 11) is 0. The van der Waals surface area contributed by atoms with Crippen molar-refractivity contribution in [3.63, 3.8) is 0 Å². The number of rotatable bonds is 3. The van der Waals surface area contributed by atoms with Gasteiger partial charge in [0.15, 0.2) is 5.82 Å². The predicted molar refractivity (Wildman–Crippen MR) is 79.4 cm³/mol. The van der Waals surface area contributed by atoms with Crippen molar-refractivity contribution in [2.75, 3.05) is 0 Å². The molecule has 0 fully saturated rings. The number of halogens is 7. The summed E-state index contributed by atoms with van der Waals surface area (Å²) < 4.78 is 93.8. The third-order valence-corrected chi connectivity index (χ3v) is 3.63. The molecule has 27 heavy (non-hydrogen) atoms. The first-order valence-corrected chi connectivity index (χ1v) is 7.23. The second-order valence-corrected chi connectivity index (χ2v) is 5.28. The first-order valence-electron chi connectivity index (χ1n) is 7.23. The summed E-state index contributed by atoms with van der Waals surface area (Å²) in [4.78, 5) is 12.3. The van der Waals surface area contributed by atoms with E-state index in [9.17, 15) is 35.5 Å². The van der Waals surface area contributed by atoms with Crippen molar-refractivity contribution in [3.8, 4) is 17.1 Å². The van der Waals surface area contributed by atoms with Crippen molar-refractivity contribution in [2.45, 2.75) is 12.7 Å². The predicted octanol–water partition coefficient (Wildman–Crippen LogP) is 4.39. The number of hydrogen-bond acceptors (Lipinski definition) is 2. The van der Waals surface area contributed by atoms with Gasteiger partial charge in [-0.15, -0.1) is 5.10 Å². The molecule has 3 rings (SSSR count). The maximum absolute atomic E-state index is 14.0. The highest BCUT2D eigenvalue weighted by molar-refractivity contribution is 5.57. The van der Waals surface area contributed by atoms with Gasteiger partial charge in [0.05, 0.1) is 16.8 Å². The maximum Gasteiger partial charge on any atom is 0.418 e. The zero-order chi connectivity index (χ0) is 19.9. The minimum Gasteiger partial charge on any atom is -0.245 e. The molecular formula is C16H8F7N3O. The van der Waals surface area contributed by atoms with Crippen molar-refractivity contribution in [2.24, 2.45) is 0 Å². The normalized spacial score (nSPS) is 12.0. The van der Waals surface area contributed by atoms with Crippen LogP contribution in [0.15, 0.2) is 47.3 Å². The van der Waals surface area contributed by atoms with Crippen molar-refractivity contribution in [1.29, 1.82) is 0 Å². The Labute approximate surface area is 146 Å². The third kappa shape index (κ3) is 3.20. The maximum atomic E-state index is 14.0. The number of hydrogen-bond donors (Lipinski definition) is 0. The summed E-state index contributed by atoms with van der Waals surface area (Å²) in [6.07, 6.45) is -4.92. The molecule has 0 N–H and O–H groups in total. The van der Waals surface area contributed by atoms with Crippen LogP contribution >= 0.6 is 0 Å². The lowest BCUT2D eigenvalue weighted by Crippen LogP contribution is -2.26. The van der Waals surface area contributed by atoms with E-state index in [0.717, 1.165) is 36.4 Å². The van der Waals surface area contributed by atoms with Crippen LogP contribution in [0.25, 0.3) is 17.1 Å². The third-order valence-electron chi connectivity index (χ3n) is 3.63. The molecule has 0 aliphatic carbocycles. The average molecular weight is 391 g/mol. The van der Waals surface area contributed by atoms with Gasteiger partial charge in [-0.05, 0) is 24.3 Å². The van der Waals surface area contributed by atoms with Crippen molar-refractivity contribution < 1.29 is 30.7 Å². The smallest absolute Gasteiger partial charge is 0.245 e. The van der Waals surface area contributed by atoms with Crippen LogP contribution in [0.2, 0.25) is 0 Å². The number of nitrogens with zero attached hydrogens (tertiary/aromatic N) is 3. The van der Waals surface area contributed by atoms with Crippen LogP contribution < -0.4 is 5.69 Å². The highest BCUT2D eigenvalue weighted by Gasteiger charge is 2.35. The van der Waals surface area contributed by atoms with Crippen LogP contribution in [0, 0.1) is 11.6 Å². The molecule has 4 nitrogen and oxygen atoms in total. The molecule has 1 heterocycles. The molecule has 1 aromatic heterocycles. The van der Waals surface area contributed by atoms with Crippen LogP contribution in [0.3, 0.4) is 0 Å². The Morgan fingerprint density at radius 2 is 1.52 bits per heavy atom. The van der Waals surface area contributed by atoms with E-state index in [0.29, 0.717) is 6.07 Å². The SMILES string of the molecule is O=c1n(-c2ccccc2C(F)(F)F)nc(-c2c(F)cccc2F)n1C(F)F. The van der Waals surface area contributed by atoms with Gasteiger partial charge in [0.2, 0.25) is 0 Å². The summed E-state index contributed by atoms with van der Waals surface area (Å²) in [5.41, 5.74) is -4.92. The van der Waals surface area contributed by atoms with Crippen molar-refractivity contribution >= 4 is 0 Å². The van der Waals surface area contributed by atoms with Gasteiger partial charge in [0.1, 0.15) is 11.6 Å². The fraction of sp³-hybridized carbons (Fsp3) is 0.125. The van der Waals surface area contributed by atoms with E-state index in [1.807, 2.05) is 0 Å². The minimum atomic E-state index is -4.92. The number of benzene rings is 2. The van der Waals surface area contributed by atoms with Crippen LogP contribution in [-0.2, 0) is 6.18 Å². The molecule has 0 unspecified atom stereocenters. The van der Waals surface area contributed by atoms with Gasteiger partial charge in [-0.1, -0.05) is 18.2 Å². The fourth-order valence-corrected chi connectivity index (χ4v) is 2.49.